The lowest BCUT2D eigenvalue weighted by Crippen LogP contribution is -2.08. The highest BCUT2D eigenvalue weighted by Crippen LogP contribution is 2.11. The Morgan fingerprint density at radius 2 is 2.25 bits per heavy atom. The third kappa shape index (κ3) is 4.32. The smallest absolute Gasteiger partial charge is 0.322 e. The minimum absolute atomic E-state index is 0.101. The van der Waals surface area contributed by atoms with Crippen LogP contribution < -0.4 is 10.1 Å². The van der Waals surface area contributed by atoms with Gasteiger partial charge in [0, 0.05) is 13.0 Å². The lowest BCUT2D eigenvalue weighted by atomic mass is 10.4. The number of hydrogen-bond acceptors (Lipinski definition) is 5. The molecule has 1 heterocycles. The average molecular weight is 241 g/mol. The van der Waals surface area contributed by atoms with Crippen LogP contribution in [0.25, 0.3) is 0 Å². The predicted octanol–water partition coefficient (Wildman–Crippen LogP) is 1.75. The molecule has 86 valence electrons. The lowest BCUT2D eigenvalue weighted by molar-refractivity contribution is 0.291. The van der Waals surface area contributed by atoms with Crippen LogP contribution >= 0.6 is 11.6 Å². The summed E-state index contributed by atoms with van der Waals surface area (Å²) in [5.41, 5.74) is 0. The predicted molar refractivity (Wildman–Crippen MR) is 62.6 cm³/mol. The first-order chi connectivity index (χ1) is 7.76. The van der Waals surface area contributed by atoms with E-state index in [2.05, 4.69) is 26.2 Å². The Balaban J connectivity index is 2.62. The van der Waals surface area contributed by atoms with Gasteiger partial charge in [0.05, 0.1) is 6.61 Å². The van der Waals surface area contributed by atoms with Gasteiger partial charge in [-0.25, -0.2) is 0 Å². The van der Waals surface area contributed by atoms with Gasteiger partial charge in [-0.1, -0.05) is 6.92 Å². The van der Waals surface area contributed by atoms with E-state index in [4.69, 9.17) is 22.8 Å². The second-order valence-corrected chi connectivity index (χ2v) is 3.28. The molecule has 0 aliphatic carbocycles. The number of ether oxygens (including phenoxy) is 1. The maximum absolute atomic E-state index is 5.72. The fourth-order valence-corrected chi connectivity index (χ4v) is 1.07. The van der Waals surface area contributed by atoms with E-state index in [1.165, 1.54) is 0 Å². The SMILES string of the molecule is C#CCCNc1nc(Cl)nc(OCCC)n1. The minimum atomic E-state index is 0.101. The number of nitrogens with one attached hydrogen (secondary N) is 1. The number of anilines is 1. The van der Waals surface area contributed by atoms with E-state index in [0.29, 0.717) is 25.5 Å². The van der Waals surface area contributed by atoms with Crippen molar-refractivity contribution in [3.8, 4) is 18.4 Å². The van der Waals surface area contributed by atoms with Crippen LogP contribution in [0.2, 0.25) is 5.28 Å². The van der Waals surface area contributed by atoms with E-state index in [1.54, 1.807) is 0 Å². The molecule has 1 aromatic heterocycles. The van der Waals surface area contributed by atoms with Crippen molar-refractivity contribution in [3.05, 3.63) is 5.28 Å². The summed E-state index contributed by atoms with van der Waals surface area (Å²) in [5.74, 6) is 2.88. The molecule has 6 heteroatoms. The number of terminal acetylenes is 1. The quantitative estimate of drug-likeness (QED) is 0.606. The third-order valence-electron chi connectivity index (χ3n) is 1.58. The Morgan fingerprint density at radius 1 is 1.44 bits per heavy atom. The molecule has 0 spiro atoms. The molecular formula is C10H13ClN4O. The van der Waals surface area contributed by atoms with Crippen LogP contribution in [0.15, 0.2) is 0 Å². The Labute approximate surface area is 99.6 Å². The Kier molecular flexibility index (Phi) is 5.37. The molecule has 16 heavy (non-hydrogen) atoms. The monoisotopic (exact) mass is 240 g/mol. The van der Waals surface area contributed by atoms with Gasteiger partial charge in [-0.3, -0.25) is 0 Å². The molecule has 0 bridgehead atoms. The largest absolute Gasteiger partial charge is 0.463 e. The van der Waals surface area contributed by atoms with E-state index in [1.807, 2.05) is 6.92 Å². The van der Waals surface area contributed by atoms with Gasteiger partial charge in [-0.15, -0.1) is 12.3 Å². The summed E-state index contributed by atoms with van der Waals surface area (Å²) in [6, 6.07) is 0.227. The molecule has 0 unspecified atom stereocenters. The van der Waals surface area contributed by atoms with Crippen LogP contribution in [0.1, 0.15) is 19.8 Å². The number of halogens is 1. The molecule has 0 radical (unpaired) electrons. The zero-order valence-corrected chi connectivity index (χ0v) is 9.79. The molecule has 1 N–H and O–H groups in total. The highest BCUT2D eigenvalue weighted by molar-refractivity contribution is 6.28. The Morgan fingerprint density at radius 3 is 2.94 bits per heavy atom. The summed E-state index contributed by atoms with van der Waals surface area (Å²) in [6.07, 6.45) is 6.59. The maximum atomic E-state index is 5.72. The van der Waals surface area contributed by atoms with Gasteiger partial charge < -0.3 is 10.1 Å². The van der Waals surface area contributed by atoms with E-state index in [-0.39, 0.29) is 11.3 Å². The number of hydrogen-bond donors (Lipinski definition) is 1. The molecular weight excluding hydrogens is 228 g/mol. The van der Waals surface area contributed by atoms with Crippen molar-refractivity contribution in [2.24, 2.45) is 0 Å². The van der Waals surface area contributed by atoms with Crippen LogP contribution in [0.5, 0.6) is 6.01 Å². The number of rotatable bonds is 6. The molecule has 0 aliphatic heterocycles. The summed E-state index contributed by atoms with van der Waals surface area (Å²) in [7, 11) is 0. The average Bonchev–Trinajstić information content (AvgIpc) is 2.26. The zero-order valence-electron chi connectivity index (χ0n) is 9.03. The van der Waals surface area contributed by atoms with E-state index < -0.39 is 0 Å². The van der Waals surface area contributed by atoms with Gasteiger partial charge in [0.1, 0.15) is 0 Å². The van der Waals surface area contributed by atoms with Crippen LogP contribution in [0.4, 0.5) is 5.95 Å². The van der Waals surface area contributed by atoms with E-state index in [9.17, 15) is 0 Å². The molecule has 1 rings (SSSR count). The summed E-state index contributed by atoms with van der Waals surface area (Å²) < 4.78 is 5.26. The summed E-state index contributed by atoms with van der Waals surface area (Å²) in [5, 5.41) is 3.04. The van der Waals surface area contributed by atoms with Crippen LogP contribution in [-0.4, -0.2) is 28.1 Å². The lowest BCUT2D eigenvalue weighted by Gasteiger charge is -2.05. The standard InChI is InChI=1S/C10H13ClN4O/c1-3-5-6-12-9-13-8(11)14-10(15-9)16-7-4-2/h1H,4-7H2,2H3,(H,12,13,14,15). The Hall–Kier alpha value is -1.54. The summed E-state index contributed by atoms with van der Waals surface area (Å²) in [6.45, 7) is 3.13. The second kappa shape index (κ2) is 6.85. The molecule has 5 nitrogen and oxygen atoms in total. The van der Waals surface area contributed by atoms with Gasteiger partial charge in [0.25, 0.3) is 0 Å². The van der Waals surface area contributed by atoms with Crippen LogP contribution in [0, 0.1) is 12.3 Å². The molecule has 0 atom stereocenters. The molecule has 0 fully saturated rings. The van der Waals surface area contributed by atoms with Crippen molar-refractivity contribution in [1.29, 1.82) is 0 Å². The van der Waals surface area contributed by atoms with Crippen molar-refractivity contribution in [2.75, 3.05) is 18.5 Å². The molecule has 0 amide bonds. The molecule has 1 aromatic rings. The van der Waals surface area contributed by atoms with Crippen molar-refractivity contribution >= 4 is 17.5 Å². The molecule has 0 aliphatic rings. The fraction of sp³-hybridized carbons (Fsp3) is 0.500. The van der Waals surface area contributed by atoms with Crippen molar-refractivity contribution in [1.82, 2.24) is 15.0 Å². The maximum Gasteiger partial charge on any atom is 0.322 e. The van der Waals surface area contributed by atoms with Gasteiger partial charge in [-0.2, -0.15) is 15.0 Å². The van der Waals surface area contributed by atoms with Crippen LogP contribution in [0.3, 0.4) is 0 Å². The highest BCUT2D eigenvalue weighted by Gasteiger charge is 2.04. The van der Waals surface area contributed by atoms with Crippen molar-refractivity contribution in [2.45, 2.75) is 19.8 Å². The fourth-order valence-electron chi connectivity index (χ4n) is 0.915. The third-order valence-corrected chi connectivity index (χ3v) is 1.74. The normalized spacial score (nSPS) is 9.56. The molecule has 0 saturated carbocycles. The Bertz CT molecular complexity index is 378. The topological polar surface area (TPSA) is 59.9 Å². The van der Waals surface area contributed by atoms with Crippen molar-refractivity contribution in [3.63, 3.8) is 0 Å². The van der Waals surface area contributed by atoms with Gasteiger partial charge in [-0.05, 0) is 18.0 Å². The van der Waals surface area contributed by atoms with Gasteiger partial charge in [0.2, 0.25) is 11.2 Å². The second-order valence-electron chi connectivity index (χ2n) is 2.94. The number of aromatic nitrogens is 3. The first-order valence-electron chi connectivity index (χ1n) is 4.98. The van der Waals surface area contributed by atoms with Crippen LogP contribution in [-0.2, 0) is 0 Å². The summed E-state index contributed by atoms with van der Waals surface area (Å²) in [4.78, 5) is 11.8. The number of nitrogens with zero attached hydrogens (tertiary/aromatic N) is 3. The molecule has 0 aromatic carbocycles. The molecule has 0 saturated heterocycles. The van der Waals surface area contributed by atoms with E-state index in [0.717, 1.165) is 6.42 Å². The summed E-state index contributed by atoms with van der Waals surface area (Å²) >= 11 is 5.72. The van der Waals surface area contributed by atoms with Gasteiger partial charge in [0.15, 0.2) is 0 Å². The first-order valence-corrected chi connectivity index (χ1v) is 5.35. The zero-order chi connectivity index (χ0) is 11.8. The van der Waals surface area contributed by atoms with E-state index >= 15 is 0 Å². The highest BCUT2D eigenvalue weighted by atomic mass is 35.5. The first kappa shape index (κ1) is 12.5. The van der Waals surface area contributed by atoms with Gasteiger partial charge >= 0.3 is 6.01 Å². The minimum Gasteiger partial charge on any atom is -0.463 e. The van der Waals surface area contributed by atoms with Crippen molar-refractivity contribution < 1.29 is 4.74 Å².